The average molecular weight is 495 g/mol. The van der Waals surface area contributed by atoms with E-state index < -0.39 is 30.5 Å². The molecule has 4 aromatic rings. The predicted molar refractivity (Wildman–Crippen MR) is 113 cm³/mol. The van der Waals surface area contributed by atoms with Gasteiger partial charge in [0.1, 0.15) is 28.5 Å². The van der Waals surface area contributed by atoms with Gasteiger partial charge in [0, 0.05) is 25.2 Å². The van der Waals surface area contributed by atoms with Gasteiger partial charge < -0.3 is 19.3 Å². The number of methoxy groups -OCH3 is 1. The molecule has 14 heteroatoms. The summed E-state index contributed by atoms with van der Waals surface area (Å²) in [4.78, 5) is 11.7. The molecule has 0 saturated carbocycles. The van der Waals surface area contributed by atoms with Crippen LogP contribution in [0.2, 0.25) is 0 Å². The molecular weight excluding hydrogens is 478 g/mol. The number of carboxylic acid groups (broad SMARTS) is 1. The molecule has 0 radical (unpaired) electrons. The number of benzene rings is 2. The Labute approximate surface area is 194 Å². The maximum absolute atomic E-state index is 13.3. The second kappa shape index (κ2) is 9.12. The standard InChI is InChI=1S/C21H17F4N5O5/c1-29-8-12(26-28-29)9-4-11-16(14(5-9)34-20(22)23)18(30(2)27-11)10-6-13(33-3)17(19(31)32)15(7-10)35-21(24)25/h4-8,20-21H,1-3H3,(H,31,32). The van der Waals surface area contributed by atoms with Gasteiger partial charge in [-0.2, -0.15) is 22.7 Å². The lowest BCUT2D eigenvalue weighted by Crippen LogP contribution is -2.10. The molecule has 0 spiro atoms. The number of carboxylic acids is 1. The summed E-state index contributed by atoms with van der Waals surface area (Å²) in [5, 5.41) is 21.7. The summed E-state index contributed by atoms with van der Waals surface area (Å²) in [7, 11) is 4.28. The van der Waals surface area contributed by atoms with Gasteiger partial charge in [-0.3, -0.25) is 9.36 Å². The fourth-order valence-corrected chi connectivity index (χ4v) is 3.73. The Kier molecular flexibility index (Phi) is 6.20. The Morgan fingerprint density at radius 3 is 2.17 bits per heavy atom. The number of ether oxygens (including phenoxy) is 3. The minimum absolute atomic E-state index is 0.110. The number of nitrogens with zero attached hydrogens (tertiary/aromatic N) is 5. The van der Waals surface area contributed by atoms with Gasteiger partial charge in [-0.25, -0.2) is 4.79 Å². The van der Waals surface area contributed by atoms with Crippen molar-refractivity contribution in [2.45, 2.75) is 13.2 Å². The third kappa shape index (κ3) is 4.54. The van der Waals surface area contributed by atoms with Gasteiger partial charge in [-0.05, 0) is 24.3 Å². The second-order valence-electron chi connectivity index (χ2n) is 7.23. The SMILES string of the molecule is COc1cc(-c2c3c(OC(F)F)cc(-c4cn(C)nn4)cc3nn2C)cc(OC(F)F)c1C(=O)O. The summed E-state index contributed by atoms with van der Waals surface area (Å²) in [5.41, 5.74) is 0.637. The fraction of sp³-hybridized carbons (Fsp3) is 0.238. The van der Waals surface area contributed by atoms with Crippen LogP contribution in [0, 0.1) is 0 Å². The molecule has 2 aromatic carbocycles. The molecule has 0 unspecified atom stereocenters. The van der Waals surface area contributed by atoms with Crippen molar-refractivity contribution in [3.8, 4) is 39.8 Å². The van der Waals surface area contributed by atoms with Crippen LogP contribution in [0.5, 0.6) is 17.2 Å². The molecule has 4 rings (SSSR count). The topological polar surface area (TPSA) is 114 Å². The number of carbonyl (C=O) groups is 1. The monoisotopic (exact) mass is 495 g/mol. The van der Waals surface area contributed by atoms with Crippen molar-refractivity contribution in [1.82, 2.24) is 24.8 Å². The van der Waals surface area contributed by atoms with Crippen molar-refractivity contribution < 1.29 is 41.7 Å². The normalized spacial score (nSPS) is 11.5. The molecule has 0 atom stereocenters. The van der Waals surface area contributed by atoms with Crippen molar-refractivity contribution in [3.05, 3.63) is 36.0 Å². The number of halogens is 4. The first kappa shape index (κ1) is 23.8. The maximum atomic E-state index is 13.3. The number of fused-ring (bicyclic) bond motifs is 1. The number of aromatic nitrogens is 5. The number of hydrogen-bond acceptors (Lipinski definition) is 7. The van der Waals surface area contributed by atoms with E-state index >= 15 is 0 Å². The Balaban J connectivity index is 2.00. The first-order valence-corrected chi connectivity index (χ1v) is 9.81. The highest BCUT2D eigenvalue weighted by atomic mass is 19.3. The zero-order valence-corrected chi connectivity index (χ0v) is 18.4. The van der Waals surface area contributed by atoms with Gasteiger partial charge in [0.2, 0.25) is 0 Å². The third-order valence-corrected chi connectivity index (χ3v) is 5.00. The lowest BCUT2D eigenvalue weighted by molar-refractivity contribution is -0.0507. The zero-order chi connectivity index (χ0) is 25.4. The molecule has 0 aliphatic heterocycles. The van der Waals surface area contributed by atoms with E-state index in [1.807, 2.05) is 0 Å². The Hall–Kier alpha value is -4.36. The minimum Gasteiger partial charge on any atom is -0.496 e. The van der Waals surface area contributed by atoms with Crippen molar-refractivity contribution in [3.63, 3.8) is 0 Å². The Morgan fingerprint density at radius 1 is 0.971 bits per heavy atom. The van der Waals surface area contributed by atoms with E-state index in [-0.39, 0.29) is 33.7 Å². The molecular formula is C21H17F4N5O5. The molecule has 0 aliphatic carbocycles. The van der Waals surface area contributed by atoms with Crippen LogP contribution in [0.4, 0.5) is 17.6 Å². The van der Waals surface area contributed by atoms with Gasteiger partial charge in [-0.15, -0.1) is 5.10 Å². The van der Waals surface area contributed by atoms with E-state index in [0.717, 1.165) is 13.2 Å². The van der Waals surface area contributed by atoms with Crippen LogP contribution in [-0.4, -0.2) is 56.2 Å². The van der Waals surface area contributed by atoms with Gasteiger partial charge in [-0.1, -0.05) is 5.21 Å². The molecule has 0 fully saturated rings. The highest BCUT2D eigenvalue weighted by Crippen LogP contribution is 2.42. The minimum atomic E-state index is -3.33. The largest absolute Gasteiger partial charge is 0.496 e. The molecule has 2 heterocycles. The first-order chi connectivity index (χ1) is 16.6. The van der Waals surface area contributed by atoms with E-state index in [9.17, 15) is 27.5 Å². The maximum Gasteiger partial charge on any atom is 0.387 e. The van der Waals surface area contributed by atoms with E-state index in [1.165, 1.54) is 28.5 Å². The molecule has 1 N–H and O–H groups in total. The van der Waals surface area contributed by atoms with Crippen LogP contribution in [0.25, 0.3) is 33.4 Å². The van der Waals surface area contributed by atoms with Crippen LogP contribution in [0.3, 0.4) is 0 Å². The van der Waals surface area contributed by atoms with E-state index in [4.69, 9.17) is 9.47 Å². The Bertz CT molecular complexity index is 1420. The van der Waals surface area contributed by atoms with Gasteiger partial charge in [0.15, 0.2) is 0 Å². The molecule has 0 saturated heterocycles. The summed E-state index contributed by atoms with van der Waals surface area (Å²) in [6, 6.07) is 5.18. The smallest absolute Gasteiger partial charge is 0.387 e. The van der Waals surface area contributed by atoms with Gasteiger partial charge in [0.25, 0.3) is 0 Å². The lowest BCUT2D eigenvalue weighted by atomic mass is 10.0. The summed E-state index contributed by atoms with van der Waals surface area (Å²) in [6.45, 7) is -6.52. The highest BCUT2D eigenvalue weighted by Gasteiger charge is 2.26. The van der Waals surface area contributed by atoms with Crippen molar-refractivity contribution in [2.24, 2.45) is 14.1 Å². The van der Waals surface area contributed by atoms with E-state index in [1.54, 1.807) is 19.3 Å². The summed E-state index contributed by atoms with van der Waals surface area (Å²) < 4.78 is 69.7. The number of aromatic carboxylic acids is 1. The fourth-order valence-electron chi connectivity index (χ4n) is 3.73. The molecule has 0 amide bonds. The highest BCUT2D eigenvalue weighted by molar-refractivity contribution is 6.02. The van der Waals surface area contributed by atoms with Crippen molar-refractivity contribution in [1.29, 1.82) is 0 Å². The summed E-state index contributed by atoms with van der Waals surface area (Å²) in [5.74, 6) is -2.79. The predicted octanol–water partition coefficient (Wildman–Crippen LogP) is 3.95. The third-order valence-electron chi connectivity index (χ3n) is 5.00. The summed E-state index contributed by atoms with van der Waals surface area (Å²) >= 11 is 0. The van der Waals surface area contributed by atoms with E-state index in [2.05, 4.69) is 20.1 Å². The zero-order valence-electron chi connectivity index (χ0n) is 18.4. The van der Waals surface area contributed by atoms with Crippen LogP contribution < -0.4 is 14.2 Å². The second-order valence-corrected chi connectivity index (χ2v) is 7.23. The van der Waals surface area contributed by atoms with Gasteiger partial charge >= 0.3 is 19.2 Å². The lowest BCUT2D eigenvalue weighted by Gasteiger charge is -2.15. The van der Waals surface area contributed by atoms with Crippen molar-refractivity contribution >= 4 is 16.9 Å². The molecule has 10 nitrogen and oxygen atoms in total. The Morgan fingerprint density at radius 2 is 1.60 bits per heavy atom. The molecule has 0 aliphatic rings. The van der Waals surface area contributed by atoms with E-state index in [0.29, 0.717) is 11.3 Å². The number of rotatable bonds is 8. The van der Waals surface area contributed by atoms with Gasteiger partial charge in [0.05, 0.1) is 29.9 Å². The van der Waals surface area contributed by atoms with Crippen LogP contribution in [0.1, 0.15) is 10.4 Å². The quantitative estimate of drug-likeness (QED) is 0.366. The molecule has 184 valence electrons. The van der Waals surface area contributed by atoms with Crippen LogP contribution in [-0.2, 0) is 14.1 Å². The number of hydrogen-bond donors (Lipinski definition) is 1. The summed E-state index contributed by atoms with van der Waals surface area (Å²) in [6.07, 6.45) is 1.57. The molecule has 0 bridgehead atoms. The van der Waals surface area contributed by atoms with Crippen molar-refractivity contribution in [2.75, 3.05) is 7.11 Å². The first-order valence-electron chi connectivity index (χ1n) is 9.81. The molecule has 35 heavy (non-hydrogen) atoms. The van der Waals surface area contributed by atoms with Crippen LogP contribution in [0.15, 0.2) is 30.5 Å². The van der Waals surface area contributed by atoms with Crippen LogP contribution >= 0.6 is 0 Å². The average Bonchev–Trinajstić information content (AvgIpc) is 3.34. The molecule has 2 aromatic heterocycles. The number of aryl methyl sites for hydroxylation is 2. The number of alkyl halides is 4.